The van der Waals surface area contributed by atoms with E-state index in [0.29, 0.717) is 5.69 Å². The smallest absolute Gasteiger partial charge is 0.227 e. The molecule has 0 saturated carbocycles. The summed E-state index contributed by atoms with van der Waals surface area (Å²) in [6.45, 7) is 1.77. The number of hydrogen-bond donors (Lipinski definition) is 3. The summed E-state index contributed by atoms with van der Waals surface area (Å²) in [6, 6.07) is 7.01. The van der Waals surface area contributed by atoms with Crippen molar-refractivity contribution in [2.45, 2.75) is 25.6 Å². The van der Waals surface area contributed by atoms with E-state index in [1.165, 1.54) is 11.8 Å². The average molecular weight is 278 g/mol. The Morgan fingerprint density at radius 1 is 1.20 bits per heavy atom. The van der Waals surface area contributed by atoms with Crippen molar-refractivity contribution in [1.29, 1.82) is 0 Å². The van der Waals surface area contributed by atoms with Gasteiger partial charge in [0.15, 0.2) is 0 Å². The standard InChI is InChI=1S/C14H18N2O4/c1-9(17)15-11-4-2-10(3-5-11)6-14(20)16-7-12(18)13(19)8-16/h2-5,12-13,18-19H,6-8H2,1H3,(H,15,17). The first-order chi connectivity index (χ1) is 9.45. The number of aliphatic hydroxyl groups excluding tert-OH is 2. The van der Waals surface area contributed by atoms with Gasteiger partial charge in [-0.15, -0.1) is 0 Å². The zero-order chi connectivity index (χ0) is 14.7. The summed E-state index contributed by atoms with van der Waals surface area (Å²) in [4.78, 5) is 24.3. The molecule has 2 atom stereocenters. The Morgan fingerprint density at radius 3 is 2.25 bits per heavy atom. The first kappa shape index (κ1) is 14.5. The van der Waals surface area contributed by atoms with Crippen LogP contribution in [0.25, 0.3) is 0 Å². The Bertz CT molecular complexity index is 490. The average Bonchev–Trinajstić information content (AvgIpc) is 2.71. The Morgan fingerprint density at radius 2 is 1.75 bits per heavy atom. The molecule has 2 unspecified atom stereocenters. The molecule has 1 saturated heterocycles. The minimum absolute atomic E-state index is 0.132. The molecular weight excluding hydrogens is 260 g/mol. The Hall–Kier alpha value is -1.92. The lowest BCUT2D eigenvalue weighted by atomic mass is 10.1. The van der Waals surface area contributed by atoms with Gasteiger partial charge in [-0.2, -0.15) is 0 Å². The van der Waals surface area contributed by atoms with Gasteiger partial charge in [0.05, 0.1) is 18.6 Å². The van der Waals surface area contributed by atoms with Gasteiger partial charge in [-0.1, -0.05) is 12.1 Å². The molecule has 0 radical (unpaired) electrons. The molecule has 0 spiro atoms. The maximum Gasteiger partial charge on any atom is 0.227 e. The van der Waals surface area contributed by atoms with Crippen LogP contribution < -0.4 is 5.32 Å². The van der Waals surface area contributed by atoms with Crippen LogP contribution in [0.3, 0.4) is 0 Å². The van der Waals surface area contributed by atoms with Crippen molar-refractivity contribution in [3.05, 3.63) is 29.8 Å². The van der Waals surface area contributed by atoms with Crippen molar-refractivity contribution in [2.75, 3.05) is 18.4 Å². The van der Waals surface area contributed by atoms with Crippen LogP contribution in [-0.4, -0.2) is 52.2 Å². The maximum atomic E-state index is 12.0. The summed E-state index contributed by atoms with van der Waals surface area (Å²) < 4.78 is 0. The van der Waals surface area contributed by atoms with Crippen LogP contribution in [0.2, 0.25) is 0 Å². The molecule has 0 bridgehead atoms. The Balaban J connectivity index is 1.93. The molecule has 2 rings (SSSR count). The lowest BCUT2D eigenvalue weighted by molar-refractivity contribution is -0.130. The highest BCUT2D eigenvalue weighted by atomic mass is 16.3. The van der Waals surface area contributed by atoms with Crippen molar-refractivity contribution in [1.82, 2.24) is 4.90 Å². The molecule has 1 aliphatic heterocycles. The van der Waals surface area contributed by atoms with Crippen LogP contribution in [0.1, 0.15) is 12.5 Å². The number of benzene rings is 1. The van der Waals surface area contributed by atoms with E-state index < -0.39 is 12.2 Å². The number of anilines is 1. The van der Waals surface area contributed by atoms with Gasteiger partial charge in [0.1, 0.15) is 0 Å². The molecule has 108 valence electrons. The zero-order valence-corrected chi connectivity index (χ0v) is 11.2. The van der Waals surface area contributed by atoms with Crippen LogP contribution in [0, 0.1) is 0 Å². The number of amides is 2. The van der Waals surface area contributed by atoms with E-state index in [9.17, 15) is 19.8 Å². The van der Waals surface area contributed by atoms with Gasteiger partial charge in [-0.25, -0.2) is 0 Å². The van der Waals surface area contributed by atoms with Gasteiger partial charge in [-0.05, 0) is 17.7 Å². The molecule has 6 heteroatoms. The Labute approximate surface area is 117 Å². The highest BCUT2D eigenvalue weighted by molar-refractivity contribution is 5.88. The monoisotopic (exact) mass is 278 g/mol. The number of hydrogen-bond acceptors (Lipinski definition) is 4. The molecule has 1 fully saturated rings. The van der Waals surface area contributed by atoms with E-state index >= 15 is 0 Å². The minimum Gasteiger partial charge on any atom is -0.388 e. The normalized spacial score (nSPS) is 21.9. The molecule has 0 aromatic heterocycles. The van der Waals surface area contributed by atoms with Crippen LogP contribution in [0.5, 0.6) is 0 Å². The van der Waals surface area contributed by atoms with Gasteiger partial charge in [0.25, 0.3) is 0 Å². The zero-order valence-electron chi connectivity index (χ0n) is 11.2. The number of carbonyl (C=O) groups is 2. The number of β-amino-alcohol motifs (C(OH)–C–C–N with tert-alkyl or cyclic N) is 2. The van der Waals surface area contributed by atoms with Crippen LogP contribution in [0.4, 0.5) is 5.69 Å². The van der Waals surface area contributed by atoms with Crippen molar-refractivity contribution in [3.63, 3.8) is 0 Å². The number of likely N-dealkylation sites (tertiary alicyclic amines) is 1. The molecule has 0 aliphatic carbocycles. The van der Waals surface area contributed by atoms with Crippen molar-refractivity contribution in [2.24, 2.45) is 0 Å². The molecule has 3 N–H and O–H groups in total. The second kappa shape index (κ2) is 6.02. The molecule has 1 heterocycles. The highest BCUT2D eigenvalue weighted by Gasteiger charge is 2.32. The minimum atomic E-state index is -0.860. The van der Waals surface area contributed by atoms with E-state index in [4.69, 9.17) is 0 Å². The fraction of sp³-hybridized carbons (Fsp3) is 0.429. The highest BCUT2D eigenvalue weighted by Crippen LogP contribution is 2.14. The topological polar surface area (TPSA) is 89.9 Å². The van der Waals surface area contributed by atoms with Crippen molar-refractivity contribution in [3.8, 4) is 0 Å². The summed E-state index contributed by atoms with van der Waals surface area (Å²) in [5.41, 5.74) is 1.50. The number of nitrogens with one attached hydrogen (secondary N) is 1. The van der Waals surface area contributed by atoms with E-state index in [1.54, 1.807) is 24.3 Å². The molecule has 1 aromatic carbocycles. The number of rotatable bonds is 3. The second-order valence-corrected chi connectivity index (χ2v) is 4.99. The van der Waals surface area contributed by atoms with E-state index in [0.717, 1.165) is 5.56 Å². The summed E-state index contributed by atoms with van der Waals surface area (Å²) in [7, 11) is 0. The first-order valence-corrected chi connectivity index (χ1v) is 6.46. The van der Waals surface area contributed by atoms with Gasteiger partial charge < -0.3 is 20.4 Å². The third-order valence-corrected chi connectivity index (χ3v) is 3.24. The first-order valence-electron chi connectivity index (χ1n) is 6.46. The number of aliphatic hydroxyl groups is 2. The van der Waals surface area contributed by atoms with Gasteiger partial charge in [-0.3, -0.25) is 9.59 Å². The van der Waals surface area contributed by atoms with Crippen molar-refractivity contribution >= 4 is 17.5 Å². The lowest BCUT2D eigenvalue weighted by Gasteiger charge is -2.15. The molecule has 2 amide bonds. The third kappa shape index (κ3) is 3.55. The van der Waals surface area contributed by atoms with E-state index in [1.807, 2.05) is 0 Å². The number of nitrogens with zero attached hydrogens (tertiary/aromatic N) is 1. The largest absolute Gasteiger partial charge is 0.388 e. The summed E-state index contributed by atoms with van der Waals surface area (Å²) >= 11 is 0. The van der Waals surface area contributed by atoms with Crippen molar-refractivity contribution < 1.29 is 19.8 Å². The van der Waals surface area contributed by atoms with Crippen LogP contribution >= 0.6 is 0 Å². The van der Waals surface area contributed by atoms with Crippen LogP contribution in [0.15, 0.2) is 24.3 Å². The second-order valence-electron chi connectivity index (χ2n) is 4.99. The molecular formula is C14H18N2O4. The number of carbonyl (C=O) groups excluding carboxylic acids is 2. The SMILES string of the molecule is CC(=O)Nc1ccc(CC(=O)N2CC(O)C(O)C2)cc1. The summed E-state index contributed by atoms with van der Waals surface area (Å²) in [5, 5.41) is 21.5. The van der Waals surface area contributed by atoms with Crippen LogP contribution in [-0.2, 0) is 16.0 Å². The van der Waals surface area contributed by atoms with Gasteiger partial charge >= 0.3 is 0 Å². The Kier molecular flexibility index (Phi) is 4.36. The van der Waals surface area contributed by atoms with E-state index in [2.05, 4.69) is 5.32 Å². The third-order valence-electron chi connectivity index (χ3n) is 3.24. The quantitative estimate of drug-likeness (QED) is 0.711. The summed E-state index contributed by atoms with van der Waals surface area (Å²) in [6.07, 6.45) is -1.51. The summed E-state index contributed by atoms with van der Waals surface area (Å²) in [5.74, 6) is -0.276. The lowest BCUT2D eigenvalue weighted by Crippen LogP contribution is -2.31. The molecule has 20 heavy (non-hydrogen) atoms. The maximum absolute atomic E-state index is 12.0. The molecule has 1 aromatic rings. The van der Waals surface area contributed by atoms with Gasteiger partial charge in [0.2, 0.25) is 11.8 Å². The molecule has 1 aliphatic rings. The fourth-order valence-electron chi connectivity index (χ4n) is 2.17. The predicted molar refractivity (Wildman–Crippen MR) is 73.0 cm³/mol. The predicted octanol–water partition coefficient (Wildman–Crippen LogP) is -0.249. The molecule has 6 nitrogen and oxygen atoms in total. The fourth-order valence-corrected chi connectivity index (χ4v) is 2.17. The van der Waals surface area contributed by atoms with Gasteiger partial charge in [0, 0.05) is 25.7 Å². The van der Waals surface area contributed by atoms with E-state index in [-0.39, 0.29) is 31.3 Å².